The fourth-order valence-electron chi connectivity index (χ4n) is 3.23. The molecule has 1 aromatic heterocycles. The number of nitrogens with zero attached hydrogens (tertiary/aromatic N) is 2. The summed E-state index contributed by atoms with van der Waals surface area (Å²) in [5.74, 6) is -0.652. The minimum Gasteiger partial charge on any atom is -0.369 e. The van der Waals surface area contributed by atoms with Crippen LogP contribution in [0.1, 0.15) is 17.8 Å². The van der Waals surface area contributed by atoms with E-state index in [0.717, 1.165) is 16.1 Å². The Bertz CT molecular complexity index is 1010. The third kappa shape index (κ3) is 3.82. The summed E-state index contributed by atoms with van der Waals surface area (Å²) in [5, 5.41) is 0.348. The molecule has 4 nitrogen and oxygen atoms in total. The highest BCUT2D eigenvalue weighted by molar-refractivity contribution is 7.91. The summed E-state index contributed by atoms with van der Waals surface area (Å²) in [7, 11) is -2.91. The lowest BCUT2D eigenvalue weighted by Crippen LogP contribution is -2.40. The summed E-state index contributed by atoms with van der Waals surface area (Å²) < 4.78 is 51.1. The van der Waals surface area contributed by atoms with Crippen LogP contribution in [0.15, 0.2) is 48.2 Å². The van der Waals surface area contributed by atoms with Crippen molar-refractivity contribution in [1.82, 2.24) is 4.98 Å². The Labute approximate surface area is 160 Å². The lowest BCUT2D eigenvalue weighted by atomic mass is 10.1. The van der Waals surface area contributed by atoms with Crippen LogP contribution in [-0.4, -0.2) is 38.0 Å². The van der Waals surface area contributed by atoms with Crippen molar-refractivity contribution in [3.8, 4) is 10.4 Å². The van der Waals surface area contributed by atoms with Gasteiger partial charge in [-0.1, -0.05) is 12.1 Å². The molecular weight excluding hydrogens is 390 g/mol. The Balaban J connectivity index is 1.54. The summed E-state index contributed by atoms with van der Waals surface area (Å²) >= 11 is 1.26. The van der Waals surface area contributed by atoms with Gasteiger partial charge in [-0.3, -0.25) is 0 Å². The number of hydrogen-bond donors (Lipinski definition) is 0. The first-order valence-electron chi connectivity index (χ1n) is 8.70. The fourth-order valence-corrected chi connectivity index (χ4v) is 5.42. The number of aromatic nitrogens is 1. The van der Waals surface area contributed by atoms with Crippen LogP contribution in [0.4, 0.5) is 14.5 Å². The molecule has 8 heteroatoms. The van der Waals surface area contributed by atoms with E-state index in [-0.39, 0.29) is 23.5 Å². The largest absolute Gasteiger partial charge is 0.369 e. The van der Waals surface area contributed by atoms with Gasteiger partial charge in [-0.05, 0) is 30.2 Å². The van der Waals surface area contributed by atoms with Gasteiger partial charge in [0.25, 0.3) is 0 Å². The molecule has 4 rings (SSSR count). The third-order valence-electron chi connectivity index (χ3n) is 4.78. The van der Waals surface area contributed by atoms with E-state index in [1.807, 2.05) is 29.2 Å². The Morgan fingerprint density at radius 3 is 2.44 bits per heavy atom. The van der Waals surface area contributed by atoms with Gasteiger partial charge in [0, 0.05) is 31.4 Å². The monoisotopic (exact) mass is 408 g/mol. The minimum absolute atomic E-state index is 0.0244. The molecule has 27 heavy (non-hydrogen) atoms. The average molecular weight is 408 g/mol. The van der Waals surface area contributed by atoms with Crippen molar-refractivity contribution in [2.45, 2.75) is 12.8 Å². The van der Waals surface area contributed by atoms with E-state index >= 15 is 0 Å². The molecule has 1 aliphatic heterocycles. The SMILES string of the molecule is O=S1(=O)CCN(c2ccc(-c3cnc(C4=C(F)CCC=C4F)s3)cc2)CC1. The van der Waals surface area contributed by atoms with E-state index in [4.69, 9.17) is 0 Å². The van der Waals surface area contributed by atoms with Crippen molar-refractivity contribution >= 4 is 32.4 Å². The number of halogens is 2. The lowest BCUT2D eigenvalue weighted by Gasteiger charge is -2.28. The molecule has 2 heterocycles. The maximum Gasteiger partial charge on any atom is 0.153 e. The van der Waals surface area contributed by atoms with Crippen LogP contribution in [0.5, 0.6) is 0 Å². The van der Waals surface area contributed by atoms with E-state index in [2.05, 4.69) is 4.98 Å². The number of rotatable bonds is 3. The first kappa shape index (κ1) is 18.3. The number of anilines is 1. The number of benzene rings is 1. The van der Waals surface area contributed by atoms with Crippen molar-refractivity contribution in [3.63, 3.8) is 0 Å². The zero-order chi connectivity index (χ0) is 19.0. The van der Waals surface area contributed by atoms with Crippen molar-refractivity contribution in [2.24, 2.45) is 0 Å². The van der Waals surface area contributed by atoms with Crippen LogP contribution in [0.2, 0.25) is 0 Å². The molecule has 0 bridgehead atoms. The predicted octanol–water partition coefficient (Wildman–Crippen LogP) is 4.37. The van der Waals surface area contributed by atoms with Crippen molar-refractivity contribution in [1.29, 1.82) is 0 Å². The molecule has 2 aromatic rings. The van der Waals surface area contributed by atoms with Crippen LogP contribution in [-0.2, 0) is 9.84 Å². The molecule has 0 atom stereocenters. The second-order valence-corrected chi connectivity index (χ2v) is 9.92. The summed E-state index contributed by atoms with van der Waals surface area (Å²) in [6.45, 7) is 0.983. The summed E-state index contributed by atoms with van der Waals surface area (Å²) in [6, 6.07) is 7.72. The molecule has 0 spiro atoms. The van der Waals surface area contributed by atoms with E-state index in [9.17, 15) is 17.2 Å². The molecule has 0 saturated carbocycles. The van der Waals surface area contributed by atoms with E-state index < -0.39 is 21.5 Å². The van der Waals surface area contributed by atoms with Crippen molar-refractivity contribution in [3.05, 3.63) is 53.2 Å². The highest BCUT2D eigenvalue weighted by Gasteiger charge is 2.23. The van der Waals surface area contributed by atoms with Crippen LogP contribution in [0, 0.1) is 0 Å². The Morgan fingerprint density at radius 1 is 1.07 bits per heavy atom. The normalized spacial score (nSPS) is 19.9. The molecule has 1 aromatic carbocycles. The lowest BCUT2D eigenvalue weighted by molar-refractivity contribution is 0.567. The van der Waals surface area contributed by atoms with Gasteiger partial charge in [-0.15, -0.1) is 11.3 Å². The Hall–Kier alpha value is -2.06. The number of sulfone groups is 1. The second kappa shape index (κ2) is 7.16. The Morgan fingerprint density at radius 2 is 1.78 bits per heavy atom. The van der Waals surface area contributed by atoms with Gasteiger partial charge in [-0.25, -0.2) is 22.2 Å². The summed E-state index contributed by atoms with van der Waals surface area (Å²) in [4.78, 5) is 7.09. The minimum atomic E-state index is -2.91. The molecule has 1 aliphatic carbocycles. The molecule has 0 unspecified atom stereocenters. The van der Waals surface area contributed by atoms with E-state index in [0.29, 0.717) is 24.5 Å². The topological polar surface area (TPSA) is 50.3 Å². The first-order valence-corrected chi connectivity index (χ1v) is 11.3. The maximum absolute atomic E-state index is 14.0. The van der Waals surface area contributed by atoms with Gasteiger partial charge in [0.2, 0.25) is 0 Å². The second-order valence-electron chi connectivity index (χ2n) is 6.59. The van der Waals surface area contributed by atoms with Crippen molar-refractivity contribution in [2.75, 3.05) is 29.5 Å². The van der Waals surface area contributed by atoms with Crippen molar-refractivity contribution < 1.29 is 17.2 Å². The fraction of sp³-hybridized carbons (Fsp3) is 0.316. The quantitative estimate of drug-likeness (QED) is 0.757. The summed E-state index contributed by atoms with van der Waals surface area (Å²) in [6.07, 6.45) is 3.61. The highest BCUT2D eigenvalue weighted by Crippen LogP contribution is 2.39. The molecule has 0 N–H and O–H groups in total. The first-order chi connectivity index (χ1) is 12.9. The van der Waals surface area contributed by atoms with Gasteiger partial charge < -0.3 is 4.90 Å². The van der Waals surface area contributed by atoms with Gasteiger partial charge >= 0.3 is 0 Å². The highest BCUT2D eigenvalue weighted by atomic mass is 32.2. The van der Waals surface area contributed by atoms with Crippen LogP contribution in [0.3, 0.4) is 0 Å². The molecule has 142 valence electrons. The van der Waals surface area contributed by atoms with E-state index in [1.54, 1.807) is 6.20 Å². The average Bonchev–Trinajstić information content (AvgIpc) is 3.11. The van der Waals surface area contributed by atoms with Gasteiger partial charge in [0.1, 0.15) is 16.7 Å². The molecular formula is C19H18F2N2O2S2. The van der Waals surface area contributed by atoms with Crippen LogP contribution in [0.25, 0.3) is 16.0 Å². The third-order valence-corrected chi connectivity index (χ3v) is 7.45. The maximum atomic E-state index is 14.0. The van der Waals surface area contributed by atoms with Crippen LogP contribution < -0.4 is 4.90 Å². The zero-order valence-corrected chi connectivity index (χ0v) is 16.1. The molecule has 2 aliphatic rings. The number of allylic oxidation sites excluding steroid dienone is 4. The molecule has 1 saturated heterocycles. The van der Waals surface area contributed by atoms with Gasteiger partial charge in [0.05, 0.1) is 22.0 Å². The molecule has 0 radical (unpaired) electrons. The molecule has 0 amide bonds. The predicted molar refractivity (Wildman–Crippen MR) is 105 cm³/mol. The van der Waals surface area contributed by atoms with Gasteiger partial charge in [0.15, 0.2) is 9.84 Å². The van der Waals surface area contributed by atoms with E-state index in [1.165, 1.54) is 17.4 Å². The zero-order valence-electron chi connectivity index (χ0n) is 14.5. The summed E-state index contributed by atoms with van der Waals surface area (Å²) in [5.41, 5.74) is 1.85. The standard InChI is InChI=1S/C19H18F2N2O2S2/c20-15-2-1-3-16(21)18(15)19-22-12-17(26-19)13-4-6-14(7-5-13)23-8-10-27(24,25)11-9-23/h2,4-7,12H,1,3,8-11H2. The van der Waals surface area contributed by atoms with Gasteiger partial charge in [-0.2, -0.15) is 0 Å². The van der Waals surface area contributed by atoms with Crippen LogP contribution >= 0.6 is 11.3 Å². The Kier molecular flexibility index (Phi) is 4.86. The number of hydrogen-bond acceptors (Lipinski definition) is 5. The smallest absolute Gasteiger partial charge is 0.153 e. The molecule has 1 fully saturated rings. The number of thiazole rings is 1.